The van der Waals surface area contributed by atoms with Crippen LogP contribution in [0.4, 0.5) is 5.69 Å². The van der Waals surface area contributed by atoms with Gasteiger partial charge in [-0.3, -0.25) is 15.0 Å². The number of benzene rings is 1. The minimum absolute atomic E-state index is 0. The summed E-state index contributed by atoms with van der Waals surface area (Å²) in [6.07, 6.45) is 2.32. The van der Waals surface area contributed by atoms with E-state index in [1.807, 2.05) is 31.0 Å². The average molecular weight is 586 g/mol. The predicted octanol–water partition coefficient (Wildman–Crippen LogP) is 5.17. The molecule has 0 spiro atoms. The summed E-state index contributed by atoms with van der Waals surface area (Å²) in [6.45, 7) is 9.09. The number of fused-ring (bicyclic) bond motifs is 2. The summed E-state index contributed by atoms with van der Waals surface area (Å²) in [5.41, 5.74) is 4.65. The first-order chi connectivity index (χ1) is 17.5. The lowest BCUT2D eigenvalue weighted by atomic mass is 9.83. The van der Waals surface area contributed by atoms with Gasteiger partial charge >= 0.3 is 5.97 Å². The van der Waals surface area contributed by atoms with Gasteiger partial charge in [-0.1, -0.05) is 33.8 Å². The van der Waals surface area contributed by atoms with Crippen molar-refractivity contribution in [1.82, 2.24) is 9.88 Å². The quantitative estimate of drug-likeness (QED) is 0.432. The highest BCUT2D eigenvalue weighted by atomic mass is 79.9. The zero-order valence-corrected chi connectivity index (χ0v) is 24.4. The number of nitrogens with zero attached hydrogens (tertiary/aromatic N) is 3. The minimum atomic E-state index is -0.860. The monoisotopic (exact) mass is 584 g/mol. The maximum atomic E-state index is 13.6. The number of aliphatic carboxylic acids is 1. The van der Waals surface area contributed by atoms with Gasteiger partial charge in [0.1, 0.15) is 23.4 Å². The molecule has 2 aromatic rings. The number of hydrogen-bond donors (Lipinski definition) is 2. The molecule has 0 bridgehead atoms. The van der Waals surface area contributed by atoms with Crippen LogP contribution in [0, 0.1) is 11.3 Å². The van der Waals surface area contributed by atoms with E-state index in [0.717, 1.165) is 35.3 Å². The van der Waals surface area contributed by atoms with E-state index in [0.29, 0.717) is 48.3 Å². The summed E-state index contributed by atoms with van der Waals surface area (Å²) in [6, 6.07) is 7.84. The number of hydrogen-bond acceptors (Lipinski definition) is 6. The fourth-order valence-electron chi connectivity index (χ4n) is 5.38. The molecular formula is C29H37BrN4O4. The Morgan fingerprint density at radius 3 is 2.55 bits per heavy atom. The van der Waals surface area contributed by atoms with Gasteiger partial charge in [0, 0.05) is 41.9 Å². The lowest BCUT2D eigenvalue weighted by Gasteiger charge is -2.39. The number of anilines is 1. The lowest BCUT2D eigenvalue weighted by Crippen LogP contribution is -2.45. The average Bonchev–Trinajstić information content (AvgIpc) is 3.63. The van der Waals surface area contributed by atoms with E-state index in [1.54, 1.807) is 4.90 Å². The molecule has 5 rings (SSSR count). The van der Waals surface area contributed by atoms with Crippen molar-refractivity contribution < 1.29 is 19.4 Å². The summed E-state index contributed by atoms with van der Waals surface area (Å²) in [4.78, 5) is 33.9. The van der Waals surface area contributed by atoms with Crippen molar-refractivity contribution in [3.63, 3.8) is 0 Å². The molecule has 2 aliphatic heterocycles. The van der Waals surface area contributed by atoms with Crippen LogP contribution in [0.3, 0.4) is 0 Å². The molecule has 1 aromatic heterocycles. The van der Waals surface area contributed by atoms with Crippen molar-refractivity contribution >= 4 is 40.3 Å². The van der Waals surface area contributed by atoms with Crippen LogP contribution >= 0.6 is 17.0 Å². The molecule has 1 aliphatic carbocycles. The second-order valence-corrected chi connectivity index (χ2v) is 11.7. The number of carbonyl (C=O) groups is 2. The van der Waals surface area contributed by atoms with E-state index in [-0.39, 0.29) is 34.7 Å². The van der Waals surface area contributed by atoms with Gasteiger partial charge in [-0.05, 0) is 42.9 Å². The maximum Gasteiger partial charge on any atom is 0.310 e. The topological polar surface area (TPSA) is 107 Å². The molecule has 0 radical (unpaired) electrons. The highest BCUT2D eigenvalue weighted by Gasteiger charge is 2.37. The second kappa shape index (κ2) is 10.3. The smallest absolute Gasteiger partial charge is 0.310 e. The number of rotatable bonds is 7. The SMILES string of the molecule is Br.CCC(C(=O)O)C1CN(C)c2cc(C(=O)CN3Cc4ccc(C5CC5)nc4C3=N)cc(C(C)(C)C)c2O1. The van der Waals surface area contributed by atoms with E-state index in [1.165, 1.54) is 0 Å². The van der Waals surface area contributed by atoms with Crippen LogP contribution in [0.5, 0.6) is 5.75 Å². The Morgan fingerprint density at radius 1 is 1.24 bits per heavy atom. The Balaban J connectivity index is 0.00000336. The van der Waals surface area contributed by atoms with Crippen molar-refractivity contribution in [2.45, 2.75) is 70.9 Å². The van der Waals surface area contributed by atoms with Crippen LogP contribution in [0.15, 0.2) is 24.3 Å². The lowest BCUT2D eigenvalue weighted by molar-refractivity contribution is -0.145. The number of aromatic nitrogens is 1. The Labute approximate surface area is 234 Å². The van der Waals surface area contributed by atoms with Crippen molar-refractivity contribution in [1.29, 1.82) is 5.41 Å². The van der Waals surface area contributed by atoms with Gasteiger partial charge in [0.25, 0.3) is 0 Å². The molecule has 204 valence electrons. The summed E-state index contributed by atoms with van der Waals surface area (Å²) >= 11 is 0. The summed E-state index contributed by atoms with van der Waals surface area (Å²) < 4.78 is 6.35. The van der Waals surface area contributed by atoms with Gasteiger partial charge in [0.15, 0.2) is 5.78 Å². The number of nitrogens with one attached hydrogen (secondary N) is 1. The van der Waals surface area contributed by atoms with Gasteiger partial charge in [0.05, 0.1) is 24.7 Å². The van der Waals surface area contributed by atoms with Crippen LogP contribution in [-0.4, -0.2) is 58.8 Å². The molecule has 0 amide bonds. The number of carbonyl (C=O) groups excluding carboxylic acids is 1. The molecule has 9 heteroatoms. The van der Waals surface area contributed by atoms with Gasteiger partial charge in [-0.25, -0.2) is 4.98 Å². The minimum Gasteiger partial charge on any atom is -0.485 e. The number of likely N-dealkylation sites (N-methyl/N-ethyl adjacent to an activating group) is 1. The van der Waals surface area contributed by atoms with Gasteiger partial charge in [-0.15, -0.1) is 17.0 Å². The van der Waals surface area contributed by atoms with Crippen LogP contribution in [-0.2, 0) is 16.8 Å². The van der Waals surface area contributed by atoms with Crippen molar-refractivity contribution in [2.75, 3.05) is 25.0 Å². The number of halogens is 1. The third-order valence-electron chi connectivity index (χ3n) is 7.77. The van der Waals surface area contributed by atoms with E-state index < -0.39 is 18.0 Å². The third-order valence-corrected chi connectivity index (χ3v) is 7.77. The number of carboxylic acids is 1. The standard InChI is InChI=1S/C29H36N4O4.BrH/c1-6-19(28(35)36)24-15-32(5)22-12-18(11-20(26(22)37-24)29(2,3)4)23(34)14-33-13-17-9-10-21(16-7-8-16)31-25(17)27(33)30;/h9-12,16,19,24,30H,6-8,13-15H2,1-5H3,(H,35,36);1H. The number of pyridine rings is 1. The predicted molar refractivity (Wildman–Crippen MR) is 152 cm³/mol. The fraction of sp³-hybridized carbons (Fsp3) is 0.517. The highest BCUT2D eigenvalue weighted by Crippen LogP contribution is 2.44. The summed E-state index contributed by atoms with van der Waals surface area (Å²) in [5.74, 6) is -0.0614. The van der Waals surface area contributed by atoms with Crippen LogP contribution in [0.2, 0.25) is 0 Å². The number of carboxylic acid groups (broad SMARTS) is 1. The summed E-state index contributed by atoms with van der Waals surface area (Å²) in [7, 11) is 1.92. The maximum absolute atomic E-state index is 13.6. The first kappa shape index (κ1) is 28.1. The zero-order chi connectivity index (χ0) is 26.6. The molecule has 1 fully saturated rings. The molecule has 0 saturated heterocycles. The van der Waals surface area contributed by atoms with Crippen molar-refractivity contribution in [3.8, 4) is 5.75 Å². The molecule has 38 heavy (non-hydrogen) atoms. The normalized spacial score (nSPS) is 19.3. The Bertz CT molecular complexity index is 1280. The molecule has 1 aromatic carbocycles. The number of Topliss-reactive ketones (excluding diaryl/α,β-unsaturated/α-hetero) is 1. The molecule has 2 atom stereocenters. The van der Waals surface area contributed by atoms with Gasteiger partial charge in [0.2, 0.25) is 0 Å². The largest absolute Gasteiger partial charge is 0.485 e. The van der Waals surface area contributed by atoms with Gasteiger partial charge in [-0.2, -0.15) is 0 Å². The fourth-order valence-corrected chi connectivity index (χ4v) is 5.38. The van der Waals surface area contributed by atoms with E-state index >= 15 is 0 Å². The third kappa shape index (κ3) is 5.17. The number of ether oxygens (including phenoxy) is 1. The zero-order valence-electron chi connectivity index (χ0n) is 22.7. The van der Waals surface area contributed by atoms with Crippen LogP contribution in [0.1, 0.15) is 85.7 Å². The number of amidine groups is 1. The highest BCUT2D eigenvalue weighted by molar-refractivity contribution is 8.93. The van der Waals surface area contributed by atoms with Gasteiger partial charge < -0.3 is 19.6 Å². The molecule has 1 saturated carbocycles. The summed E-state index contributed by atoms with van der Waals surface area (Å²) in [5, 5.41) is 18.4. The molecule has 8 nitrogen and oxygen atoms in total. The Kier molecular flexibility index (Phi) is 7.63. The number of ketones is 1. The Hall–Kier alpha value is -2.94. The molecule has 2 N–H and O–H groups in total. The van der Waals surface area contributed by atoms with Crippen molar-refractivity contribution in [3.05, 3.63) is 52.3 Å². The molecule has 3 heterocycles. The molecule has 3 aliphatic rings. The first-order valence-electron chi connectivity index (χ1n) is 13.1. The van der Waals surface area contributed by atoms with Crippen LogP contribution in [0.25, 0.3) is 0 Å². The van der Waals surface area contributed by atoms with E-state index in [2.05, 4.69) is 32.9 Å². The molecule has 2 unspecified atom stereocenters. The van der Waals surface area contributed by atoms with E-state index in [4.69, 9.17) is 15.1 Å². The second-order valence-electron chi connectivity index (χ2n) is 11.7. The van der Waals surface area contributed by atoms with E-state index in [9.17, 15) is 14.7 Å². The first-order valence-corrected chi connectivity index (χ1v) is 13.1. The Morgan fingerprint density at radius 2 is 1.95 bits per heavy atom. The van der Waals surface area contributed by atoms with Crippen molar-refractivity contribution in [2.24, 2.45) is 5.92 Å². The molecular weight excluding hydrogens is 548 g/mol. The van der Waals surface area contributed by atoms with Crippen LogP contribution < -0.4 is 9.64 Å².